The molecule has 34 heavy (non-hydrogen) atoms. The molecule has 2 amide bonds. The minimum atomic E-state index is -4.46. The fourth-order valence-electron chi connectivity index (χ4n) is 4.26. The van der Waals surface area contributed by atoms with E-state index in [1.54, 1.807) is 4.90 Å². The quantitative estimate of drug-likeness (QED) is 0.454. The van der Waals surface area contributed by atoms with Crippen LogP contribution in [0.5, 0.6) is 5.75 Å². The Morgan fingerprint density at radius 1 is 1.18 bits per heavy atom. The number of likely N-dealkylation sites (tertiary alicyclic amines) is 1. The van der Waals surface area contributed by atoms with E-state index >= 15 is 0 Å². The van der Waals surface area contributed by atoms with Crippen molar-refractivity contribution in [2.75, 3.05) is 31.6 Å². The predicted molar refractivity (Wildman–Crippen MR) is 128 cm³/mol. The number of anilines is 1. The maximum atomic E-state index is 13.1. The number of rotatable bonds is 9. The number of hydrogen-bond donors (Lipinski definition) is 1. The molecule has 3 rings (SSSR count). The summed E-state index contributed by atoms with van der Waals surface area (Å²) in [5.74, 6) is 0.755. The van der Waals surface area contributed by atoms with Gasteiger partial charge < -0.3 is 19.9 Å². The van der Waals surface area contributed by atoms with Crippen molar-refractivity contribution in [3.8, 4) is 5.75 Å². The number of nitrogens with one attached hydrogen (secondary N) is 1. The highest BCUT2D eigenvalue weighted by Gasteiger charge is 2.30. The average molecular weight is 478 g/mol. The summed E-state index contributed by atoms with van der Waals surface area (Å²) in [5, 5.41) is 2.65. The van der Waals surface area contributed by atoms with E-state index in [1.165, 1.54) is 31.4 Å². The van der Waals surface area contributed by atoms with Crippen molar-refractivity contribution >= 4 is 11.7 Å². The van der Waals surface area contributed by atoms with Crippen molar-refractivity contribution in [1.29, 1.82) is 0 Å². The van der Waals surface area contributed by atoms with E-state index in [0.29, 0.717) is 25.7 Å². The van der Waals surface area contributed by atoms with Gasteiger partial charge in [0.05, 0.1) is 12.2 Å². The monoisotopic (exact) mass is 477 g/mol. The molecule has 0 aromatic heterocycles. The lowest BCUT2D eigenvalue weighted by Gasteiger charge is -2.34. The Kier molecular flexibility index (Phi) is 9.21. The van der Waals surface area contributed by atoms with Gasteiger partial charge in [0.15, 0.2) is 0 Å². The first-order valence-corrected chi connectivity index (χ1v) is 11.9. The van der Waals surface area contributed by atoms with E-state index in [9.17, 15) is 18.0 Å². The number of piperidine rings is 1. The molecule has 0 bridgehead atoms. The Morgan fingerprint density at radius 2 is 1.94 bits per heavy atom. The number of carbonyl (C=O) groups excluding carboxylic acids is 1. The summed E-state index contributed by atoms with van der Waals surface area (Å²) in [7, 11) is 0. The number of benzene rings is 2. The highest BCUT2D eigenvalue weighted by Crippen LogP contribution is 2.30. The second kappa shape index (κ2) is 12.1. The van der Waals surface area contributed by atoms with Crippen LogP contribution < -0.4 is 10.1 Å². The SMILES string of the molecule is CCOc1ccc(CN(CCCN2CCCCC2C)C(=O)Nc2cccc(C(F)(F)F)c2)cc1. The van der Waals surface area contributed by atoms with E-state index in [2.05, 4.69) is 17.1 Å². The fourth-order valence-corrected chi connectivity index (χ4v) is 4.26. The van der Waals surface area contributed by atoms with Gasteiger partial charge in [0.2, 0.25) is 0 Å². The summed E-state index contributed by atoms with van der Waals surface area (Å²) < 4.78 is 44.7. The zero-order valence-corrected chi connectivity index (χ0v) is 19.9. The summed E-state index contributed by atoms with van der Waals surface area (Å²) in [5.41, 5.74) is 0.262. The van der Waals surface area contributed by atoms with Gasteiger partial charge in [-0.3, -0.25) is 0 Å². The van der Waals surface area contributed by atoms with E-state index in [4.69, 9.17) is 4.74 Å². The highest BCUT2D eigenvalue weighted by molar-refractivity contribution is 5.89. The predicted octanol–water partition coefficient (Wildman–Crippen LogP) is 6.40. The lowest BCUT2D eigenvalue weighted by molar-refractivity contribution is -0.137. The molecular formula is C26H34F3N3O2. The van der Waals surface area contributed by atoms with Crippen LogP contribution in [0.25, 0.3) is 0 Å². The Hall–Kier alpha value is -2.74. The molecule has 5 nitrogen and oxygen atoms in total. The molecule has 2 aromatic carbocycles. The number of ether oxygens (including phenoxy) is 1. The molecule has 0 aliphatic carbocycles. The Bertz CT molecular complexity index is 918. The van der Waals surface area contributed by atoms with Gasteiger partial charge in [0.25, 0.3) is 0 Å². The van der Waals surface area contributed by atoms with Gasteiger partial charge in [-0.05, 0) is 75.5 Å². The number of halogens is 3. The van der Waals surface area contributed by atoms with Crippen LogP contribution in [-0.2, 0) is 12.7 Å². The molecule has 1 atom stereocenters. The van der Waals surface area contributed by atoms with Crippen molar-refractivity contribution in [1.82, 2.24) is 9.80 Å². The molecule has 186 valence electrons. The first kappa shape index (κ1) is 25.9. The number of urea groups is 1. The molecule has 0 saturated carbocycles. The molecule has 1 saturated heterocycles. The Balaban J connectivity index is 1.68. The second-order valence-electron chi connectivity index (χ2n) is 8.74. The fraction of sp³-hybridized carbons (Fsp3) is 0.500. The molecule has 1 aliphatic heterocycles. The highest BCUT2D eigenvalue weighted by atomic mass is 19.4. The molecule has 1 aliphatic rings. The average Bonchev–Trinajstić information content (AvgIpc) is 2.80. The van der Waals surface area contributed by atoms with Crippen molar-refractivity contribution < 1.29 is 22.7 Å². The molecule has 0 radical (unpaired) electrons. The van der Waals surface area contributed by atoms with Crippen molar-refractivity contribution in [3.63, 3.8) is 0 Å². The van der Waals surface area contributed by atoms with Crippen LogP contribution in [0.1, 0.15) is 50.7 Å². The number of amides is 2. The van der Waals surface area contributed by atoms with E-state index in [-0.39, 0.29) is 5.69 Å². The molecule has 2 aromatic rings. The smallest absolute Gasteiger partial charge is 0.416 e. The molecule has 1 fully saturated rings. The molecule has 8 heteroatoms. The zero-order valence-electron chi connectivity index (χ0n) is 19.9. The maximum absolute atomic E-state index is 13.1. The van der Waals surface area contributed by atoms with Crippen LogP contribution in [0.2, 0.25) is 0 Å². The molecular weight excluding hydrogens is 443 g/mol. The lowest BCUT2D eigenvalue weighted by Crippen LogP contribution is -2.40. The van der Waals surface area contributed by atoms with Crippen molar-refractivity contribution in [3.05, 3.63) is 59.7 Å². The third kappa shape index (κ3) is 7.65. The summed E-state index contributed by atoms with van der Waals surface area (Å²) in [6.45, 7) is 7.52. The van der Waals surface area contributed by atoms with Crippen LogP contribution in [0.15, 0.2) is 48.5 Å². The Labute approximate surface area is 199 Å². The van der Waals surface area contributed by atoms with Crippen LogP contribution in [0.3, 0.4) is 0 Å². The van der Waals surface area contributed by atoms with E-state index in [0.717, 1.165) is 43.0 Å². The van der Waals surface area contributed by atoms with E-state index < -0.39 is 17.8 Å². The molecule has 1 unspecified atom stereocenters. The number of nitrogens with zero attached hydrogens (tertiary/aromatic N) is 2. The zero-order chi connectivity index (χ0) is 24.6. The van der Waals surface area contributed by atoms with Gasteiger partial charge in [0.1, 0.15) is 5.75 Å². The first-order chi connectivity index (χ1) is 16.3. The lowest BCUT2D eigenvalue weighted by atomic mass is 10.0. The maximum Gasteiger partial charge on any atom is 0.416 e. The number of alkyl halides is 3. The summed E-state index contributed by atoms with van der Waals surface area (Å²) >= 11 is 0. The minimum absolute atomic E-state index is 0.126. The van der Waals surface area contributed by atoms with Crippen LogP contribution in [0.4, 0.5) is 23.7 Å². The van der Waals surface area contributed by atoms with Gasteiger partial charge in [-0.15, -0.1) is 0 Å². The molecule has 1 N–H and O–H groups in total. The number of hydrogen-bond acceptors (Lipinski definition) is 3. The van der Waals surface area contributed by atoms with Crippen LogP contribution in [0, 0.1) is 0 Å². The van der Waals surface area contributed by atoms with Crippen LogP contribution in [-0.4, -0.2) is 48.1 Å². The van der Waals surface area contributed by atoms with Gasteiger partial charge in [-0.1, -0.05) is 24.6 Å². The van der Waals surface area contributed by atoms with Gasteiger partial charge in [-0.2, -0.15) is 13.2 Å². The van der Waals surface area contributed by atoms with Gasteiger partial charge in [-0.25, -0.2) is 4.79 Å². The minimum Gasteiger partial charge on any atom is -0.494 e. The molecule has 0 spiro atoms. The third-order valence-electron chi connectivity index (χ3n) is 6.15. The van der Waals surface area contributed by atoms with Gasteiger partial charge in [0, 0.05) is 31.4 Å². The second-order valence-corrected chi connectivity index (χ2v) is 8.74. The largest absolute Gasteiger partial charge is 0.494 e. The number of carbonyl (C=O) groups is 1. The third-order valence-corrected chi connectivity index (χ3v) is 6.15. The first-order valence-electron chi connectivity index (χ1n) is 11.9. The summed E-state index contributed by atoms with van der Waals surface area (Å²) in [6.07, 6.45) is -0.0473. The van der Waals surface area contributed by atoms with Crippen molar-refractivity contribution in [2.24, 2.45) is 0 Å². The molecule has 1 heterocycles. The topological polar surface area (TPSA) is 44.8 Å². The van der Waals surface area contributed by atoms with Gasteiger partial charge >= 0.3 is 12.2 Å². The normalized spacial score (nSPS) is 16.8. The standard InChI is InChI=1S/C26H34F3N3O2/c1-3-34-24-13-11-21(12-14-24)19-32(17-7-16-31-15-5-4-8-20(31)2)25(33)30-23-10-6-9-22(18-23)26(27,28)29/h6,9-14,18,20H,3-5,7-8,15-17,19H2,1-2H3,(H,30,33). The Morgan fingerprint density at radius 3 is 2.62 bits per heavy atom. The van der Waals surface area contributed by atoms with Crippen molar-refractivity contribution in [2.45, 2.75) is 58.3 Å². The van der Waals surface area contributed by atoms with Crippen LogP contribution >= 0.6 is 0 Å². The summed E-state index contributed by atoms with van der Waals surface area (Å²) in [4.78, 5) is 17.2. The summed E-state index contributed by atoms with van der Waals surface area (Å²) in [6, 6.07) is 12.4. The van der Waals surface area contributed by atoms with E-state index in [1.807, 2.05) is 31.2 Å².